The van der Waals surface area contributed by atoms with Gasteiger partial charge in [0.1, 0.15) is 0 Å². The number of aromatic nitrogens is 1. The number of anilines is 1. The molecule has 0 spiro atoms. The molecule has 1 aromatic heterocycles. The first-order chi connectivity index (χ1) is 10.2. The molecule has 2 heterocycles. The van der Waals surface area contributed by atoms with Crippen LogP contribution in [0.2, 0.25) is 0 Å². The molecule has 3 rings (SSSR count). The van der Waals surface area contributed by atoms with Gasteiger partial charge in [0.05, 0.1) is 18.9 Å². The summed E-state index contributed by atoms with van der Waals surface area (Å²) in [4.78, 5) is 13.7. The first-order valence-corrected chi connectivity index (χ1v) is 7.01. The Kier molecular flexibility index (Phi) is 5.11. The number of nitrogens with zero attached hydrogens (tertiary/aromatic N) is 2. The van der Waals surface area contributed by atoms with Crippen LogP contribution < -0.4 is 10.3 Å². The third kappa shape index (κ3) is 3.10. The Morgan fingerprint density at radius 1 is 1.05 bits per heavy atom. The zero-order chi connectivity index (χ0) is 14.8. The van der Waals surface area contributed by atoms with Crippen LogP contribution in [0.25, 0.3) is 5.69 Å². The van der Waals surface area contributed by atoms with Gasteiger partial charge in [-0.05, 0) is 31.2 Å². The van der Waals surface area contributed by atoms with E-state index in [0.717, 1.165) is 37.7 Å². The Morgan fingerprint density at radius 3 is 2.27 bits per heavy atom. The van der Waals surface area contributed by atoms with Crippen molar-refractivity contribution in [3.05, 3.63) is 52.4 Å². The highest BCUT2D eigenvalue weighted by Gasteiger charge is 2.11. The Balaban J connectivity index is 0.00000176. The summed E-state index contributed by atoms with van der Waals surface area (Å²) in [6.45, 7) is 5.05. The minimum absolute atomic E-state index is 0. The van der Waals surface area contributed by atoms with Crippen LogP contribution in [0, 0.1) is 6.92 Å². The van der Waals surface area contributed by atoms with Gasteiger partial charge in [0.2, 0.25) is 5.43 Å². The summed E-state index contributed by atoms with van der Waals surface area (Å²) in [7, 11) is 0. The Labute approximate surface area is 135 Å². The molecule has 1 saturated heterocycles. The van der Waals surface area contributed by atoms with E-state index in [-0.39, 0.29) is 23.6 Å². The standard InChI is InChI=1S/C16H18N2O3.ClH/c1-12-16(20)15(19)6-7-18(12)14-4-2-13(3-5-14)17-8-10-21-11-9-17;/h2-7,20H,8-11H2,1H3;1H. The molecule has 1 aliphatic rings. The molecule has 0 radical (unpaired) electrons. The summed E-state index contributed by atoms with van der Waals surface area (Å²) in [5.41, 5.74) is 2.26. The smallest absolute Gasteiger partial charge is 0.223 e. The highest BCUT2D eigenvalue weighted by Crippen LogP contribution is 2.21. The number of morpholine rings is 1. The molecule has 1 N–H and O–H groups in total. The Bertz CT molecular complexity index is 692. The van der Waals surface area contributed by atoms with Crippen molar-refractivity contribution in [2.24, 2.45) is 0 Å². The number of ether oxygens (including phenoxy) is 1. The van der Waals surface area contributed by atoms with Crippen LogP contribution in [0.5, 0.6) is 5.75 Å². The lowest BCUT2D eigenvalue weighted by molar-refractivity contribution is 0.122. The molecule has 0 aliphatic carbocycles. The molecule has 1 aliphatic heterocycles. The average Bonchev–Trinajstić information content (AvgIpc) is 2.54. The van der Waals surface area contributed by atoms with Gasteiger partial charge in [0.25, 0.3) is 0 Å². The summed E-state index contributed by atoms with van der Waals surface area (Å²) in [6.07, 6.45) is 1.68. The number of pyridine rings is 1. The van der Waals surface area contributed by atoms with Gasteiger partial charge >= 0.3 is 0 Å². The molecule has 0 atom stereocenters. The van der Waals surface area contributed by atoms with E-state index >= 15 is 0 Å². The number of hydrogen-bond acceptors (Lipinski definition) is 4. The zero-order valence-corrected chi connectivity index (χ0v) is 13.2. The Morgan fingerprint density at radius 2 is 1.64 bits per heavy atom. The molecular formula is C16H19ClN2O3. The van der Waals surface area contributed by atoms with E-state index in [1.165, 1.54) is 6.07 Å². The van der Waals surface area contributed by atoms with Crippen molar-refractivity contribution < 1.29 is 9.84 Å². The Hall–Kier alpha value is -1.98. The van der Waals surface area contributed by atoms with Crippen molar-refractivity contribution in [1.82, 2.24) is 4.57 Å². The molecule has 6 heteroatoms. The van der Waals surface area contributed by atoms with Gasteiger partial charge in [-0.3, -0.25) is 4.79 Å². The molecular weight excluding hydrogens is 304 g/mol. The van der Waals surface area contributed by atoms with E-state index in [1.54, 1.807) is 17.7 Å². The van der Waals surface area contributed by atoms with Gasteiger partial charge in [-0.1, -0.05) is 0 Å². The molecule has 0 saturated carbocycles. The fourth-order valence-electron chi connectivity index (χ4n) is 2.55. The quantitative estimate of drug-likeness (QED) is 0.920. The van der Waals surface area contributed by atoms with Gasteiger partial charge in [-0.2, -0.15) is 0 Å². The van der Waals surface area contributed by atoms with Crippen molar-refractivity contribution in [2.45, 2.75) is 6.92 Å². The molecule has 5 nitrogen and oxygen atoms in total. The van der Waals surface area contributed by atoms with Crippen molar-refractivity contribution in [3.8, 4) is 11.4 Å². The summed E-state index contributed by atoms with van der Waals surface area (Å²) in [5.74, 6) is -0.199. The summed E-state index contributed by atoms with van der Waals surface area (Å²) >= 11 is 0. The van der Waals surface area contributed by atoms with Gasteiger partial charge in [0, 0.05) is 36.7 Å². The molecule has 1 aromatic carbocycles. The summed E-state index contributed by atoms with van der Waals surface area (Å²) in [6, 6.07) is 9.45. The predicted octanol–water partition coefficient (Wildman–Crippen LogP) is 2.11. The molecule has 2 aromatic rings. The van der Waals surface area contributed by atoms with E-state index in [2.05, 4.69) is 17.0 Å². The van der Waals surface area contributed by atoms with E-state index in [0.29, 0.717) is 5.69 Å². The van der Waals surface area contributed by atoms with E-state index in [4.69, 9.17) is 4.74 Å². The van der Waals surface area contributed by atoms with E-state index < -0.39 is 0 Å². The van der Waals surface area contributed by atoms with Crippen molar-refractivity contribution in [1.29, 1.82) is 0 Å². The van der Waals surface area contributed by atoms with Crippen LogP contribution in [0.1, 0.15) is 5.69 Å². The molecule has 0 amide bonds. The molecule has 0 bridgehead atoms. The lowest BCUT2D eigenvalue weighted by Gasteiger charge is -2.29. The number of halogens is 1. The van der Waals surface area contributed by atoms with Crippen molar-refractivity contribution in [2.75, 3.05) is 31.2 Å². The number of benzene rings is 1. The highest BCUT2D eigenvalue weighted by atomic mass is 35.5. The molecule has 0 unspecified atom stereocenters. The topological polar surface area (TPSA) is 54.7 Å². The second kappa shape index (κ2) is 6.85. The largest absolute Gasteiger partial charge is 0.503 e. The van der Waals surface area contributed by atoms with Gasteiger partial charge in [-0.25, -0.2) is 0 Å². The zero-order valence-electron chi connectivity index (χ0n) is 12.4. The average molecular weight is 323 g/mol. The van der Waals surface area contributed by atoms with Gasteiger partial charge in [-0.15, -0.1) is 12.4 Å². The molecule has 118 valence electrons. The molecule has 22 heavy (non-hydrogen) atoms. The minimum atomic E-state index is -0.353. The fraction of sp³-hybridized carbons (Fsp3) is 0.312. The lowest BCUT2D eigenvalue weighted by atomic mass is 10.2. The lowest BCUT2D eigenvalue weighted by Crippen LogP contribution is -2.36. The second-order valence-electron chi connectivity index (χ2n) is 5.10. The van der Waals surface area contributed by atoms with Crippen LogP contribution in [0.3, 0.4) is 0 Å². The fourth-order valence-corrected chi connectivity index (χ4v) is 2.55. The third-order valence-corrected chi connectivity index (χ3v) is 3.82. The number of rotatable bonds is 2. The van der Waals surface area contributed by atoms with E-state index in [1.807, 2.05) is 12.1 Å². The third-order valence-electron chi connectivity index (χ3n) is 3.82. The first-order valence-electron chi connectivity index (χ1n) is 7.01. The maximum Gasteiger partial charge on any atom is 0.223 e. The first kappa shape index (κ1) is 16.4. The number of hydrogen-bond donors (Lipinski definition) is 1. The maximum absolute atomic E-state index is 11.4. The SMILES string of the molecule is Cc1c(O)c(=O)ccn1-c1ccc(N2CCOCC2)cc1.Cl. The molecule has 1 fully saturated rings. The highest BCUT2D eigenvalue weighted by molar-refractivity contribution is 5.85. The summed E-state index contributed by atoms with van der Waals surface area (Å²) < 4.78 is 7.16. The minimum Gasteiger partial charge on any atom is -0.503 e. The second-order valence-corrected chi connectivity index (χ2v) is 5.10. The van der Waals surface area contributed by atoms with Crippen LogP contribution in [-0.4, -0.2) is 36.0 Å². The monoisotopic (exact) mass is 322 g/mol. The van der Waals surface area contributed by atoms with Crippen LogP contribution in [0.4, 0.5) is 5.69 Å². The van der Waals surface area contributed by atoms with E-state index in [9.17, 15) is 9.90 Å². The van der Waals surface area contributed by atoms with Crippen LogP contribution in [0.15, 0.2) is 41.3 Å². The summed E-state index contributed by atoms with van der Waals surface area (Å²) in [5, 5.41) is 9.75. The van der Waals surface area contributed by atoms with Crippen LogP contribution in [-0.2, 0) is 4.74 Å². The van der Waals surface area contributed by atoms with Gasteiger partial charge in [0.15, 0.2) is 5.75 Å². The van der Waals surface area contributed by atoms with Crippen LogP contribution >= 0.6 is 12.4 Å². The normalized spacial score (nSPS) is 14.5. The maximum atomic E-state index is 11.4. The van der Waals surface area contributed by atoms with Gasteiger partial charge < -0.3 is 19.3 Å². The van der Waals surface area contributed by atoms with Crippen molar-refractivity contribution >= 4 is 18.1 Å². The predicted molar refractivity (Wildman–Crippen MR) is 88.7 cm³/mol. The van der Waals surface area contributed by atoms with Crippen molar-refractivity contribution in [3.63, 3.8) is 0 Å². The number of aromatic hydroxyl groups is 1.